The molecule has 1 aromatic carbocycles. The van der Waals surface area contributed by atoms with Crippen molar-refractivity contribution in [3.63, 3.8) is 0 Å². The summed E-state index contributed by atoms with van der Waals surface area (Å²) < 4.78 is 6.09. The highest BCUT2D eigenvalue weighted by atomic mass is 35.5. The van der Waals surface area contributed by atoms with Crippen molar-refractivity contribution >= 4 is 67.3 Å². The van der Waals surface area contributed by atoms with Gasteiger partial charge < -0.3 is 15.2 Å². The minimum Gasteiger partial charge on any atom is -0.497 e. The number of fused-ring (bicyclic) bond motifs is 2. The Morgan fingerprint density at radius 2 is 2.03 bits per heavy atom. The largest absolute Gasteiger partial charge is 0.497 e. The van der Waals surface area contributed by atoms with Crippen LogP contribution in [0.25, 0.3) is 15.0 Å². The van der Waals surface area contributed by atoms with Crippen LogP contribution < -0.4 is 15.0 Å². The fraction of sp³-hybridized carbons (Fsp3) is 0.261. The van der Waals surface area contributed by atoms with Gasteiger partial charge in [-0.25, -0.2) is 9.69 Å². The second kappa shape index (κ2) is 8.02. The van der Waals surface area contributed by atoms with E-state index in [1.807, 2.05) is 18.2 Å². The van der Waals surface area contributed by atoms with Gasteiger partial charge in [0.05, 0.1) is 35.3 Å². The van der Waals surface area contributed by atoms with Gasteiger partial charge in [-0.1, -0.05) is 11.6 Å². The SMILES string of the molecule is COc1ccc(Cl)c(C2=CC3NC(=O)N(c4cncc5sc(C(C)(C)O)cc45)C(=O)C3S2)c1. The third-order valence-corrected chi connectivity index (χ3v) is 8.65. The Morgan fingerprint density at radius 1 is 1.24 bits per heavy atom. The molecule has 2 aliphatic heterocycles. The monoisotopic (exact) mass is 501 g/mol. The first-order valence-corrected chi connectivity index (χ1v) is 12.2. The molecule has 0 saturated carbocycles. The van der Waals surface area contributed by atoms with E-state index in [0.29, 0.717) is 21.8 Å². The van der Waals surface area contributed by atoms with Gasteiger partial charge in [-0.15, -0.1) is 23.1 Å². The highest BCUT2D eigenvalue weighted by Crippen LogP contribution is 2.46. The van der Waals surface area contributed by atoms with Gasteiger partial charge in [-0.2, -0.15) is 0 Å². The molecule has 4 heterocycles. The van der Waals surface area contributed by atoms with Crippen LogP contribution in [0.4, 0.5) is 10.5 Å². The number of imide groups is 1. The number of halogens is 1. The number of hydrogen-bond donors (Lipinski definition) is 2. The summed E-state index contributed by atoms with van der Waals surface area (Å²) in [6.07, 6.45) is 5.04. The summed E-state index contributed by atoms with van der Waals surface area (Å²) in [6.45, 7) is 3.39. The maximum absolute atomic E-state index is 13.5. The smallest absolute Gasteiger partial charge is 0.329 e. The van der Waals surface area contributed by atoms with Crippen LogP contribution in [0.3, 0.4) is 0 Å². The maximum atomic E-state index is 13.5. The highest BCUT2D eigenvalue weighted by molar-refractivity contribution is 8.09. The average molecular weight is 502 g/mol. The zero-order valence-corrected chi connectivity index (χ0v) is 20.3. The number of aromatic nitrogens is 1. The lowest BCUT2D eigenvalue weighted by molar-refractivity contribution is -0.118. The first-order valence-electron chi connectivity index (χ1n) is 10.1. The molecule has 7 nitrogen and oxygen atoms in total. The number of rotatable bonds is 4. The van der Waals surface area contributed by atoms with Crippen LogP contribution >= 0.6 is 34.7 Å². The first-order chi connectivity index (χ1) is 15.7. The number of aliphatic hydroxyl groups is 1. The number of carbonyl (C=O) groups is 2. The molecule has 5 rings (SSSR count). The number of urea groups is 1. The molecule has 3 aromatic rings. The van der Waals surface area contributed by atoms with Gasteiger partial charge in [0.25, 0.3) is 5.91 Å². The molecule has 170 valence electrons. The maximum Gasteiger partial charge on any atom is 0.329 e. The molecule has 2 aromatic heterocycles. The van der Waals surface area contributed by atoms with Gasteiger partial charge >= 0.3 is 6.03 Å². The molecule has 0 radical (unpaired) electrons. The Morgan fingerprint density at radius 3 is 2.76 bits per heavy atom. The Bertz CT molecular complexity index is 1330. The predicted molar refractivity (Wildman–Crippen MR) is 132 cm³/mol. The van der Waals surface area contributed by atoms with Crippen LogP contribution in [0.2, 0.25) is 5.02 Å². The average Bonchev–Trinajstić information content (AvgIpc) is 3.39. The Labute approximate surface area is 203 Å². The van der Waals surface area contributed by atoms with Gasteiger partial charge in [0.15, 0.2) is 0 Å². The number of carbonyl (C=O) groups excluding carboxylic acids is 2. The predicted octanol–water partition coefficient (Wildman–Crippen LogP) is 4.77. The summed E-state index contributed by atoms with van der Waals surface area (Å²) in [5.41, 5.74) is 0.102. The normalized spacial score (nSPS) is 20.6. The van der Waals surface area contributed by atoms with Crippen LogP contribution in [-0.2, 0) is 10.4 Å². The number of nitrogens with zero attached hydrogens (tertiary/aromatic N) is 2. The van der Waals surface area contributed by atoms with Crippen LogP contribution in [0.1, 0.15) is 24.3 Å². The minimum absolute atomic E-state index is 0.329. The van der Waals surface area contributed by atoms with Crippen molar-refractivity contribution < 1.29 is 19.4 Å². The lowest BCUT2D eigenvalue weighted by Gasteiger charge is -2.33. The Balaban J connectivity index is 1.50. The zero-order chi connectivity index (χ0) is 23.5. The molecule has 10 heteroatoms. The number of methoxy groups -OCH3 is 1. The molecule has 2 unspecified atom stereocenters. The van der Waals surface area contributed by atoms with E-state index in [1.165, 1.54) is 29.3 Å². The summed E-state index contributed by atoms with van der Waals surface area (Å²) in [6, 6.07) is 6.17. The minimum atomic E-state index is -1.05. The molecule has 2 N–H and O–H groups in total. The fourth-order valence-electron chi connectivity index (χ4n) is 3.88. The van der Waals surface area contributed by atoms with E-state index in [4.69, 9.17) is 16.3 Å². The molecule has 0 bridgehead atoms. The molecular weight excluding hydrogens is 482 g/mol. The van der Waals surface area contributed by atoms with E-state index < -0.39 is 22.9 Å². The summed E-state index contributed by atoms with van der Waals surface area (Å²) in [7, 11) is 1.58. The molecule has 33 heavy (non-hydrogen) atoms. The van der Waals surface area contributed by atoms with Crippen molar-refractivity contribution in [3.05, 3.63) is 58.2 Å². The number of thioether (sulfide) groups is 1. The number of benzene rings is 1. The molecule has 1 saturated heterocycles. The summed E-state index contributed by atoms with van der Waals surface area (Å²) in [5.74, 6) is 0.324. The number of amides is 3. The van der Waals surface area contributed by atoms with Gasteiger partial charge in [0.1, 0.15) is 11.0 Å². The number of nitrogens with one attached hydrogen (secondary N) is 1. The lowest BCUT2D eigenvalue weighted by atomic mass is 10.1. The second-order valence-corrected chi connectivity index (χ2v) is 11.0. The fourth-order valence-corrected chi connectivity index (χ4v) is 6.50. The lowest BCUT2D eigenvalue weighted by Crippen LogP contribution is -2.60. The molecule has 2 aliphatic rings. The van der Waals surface area contributed by atoms with E-state index in [-0.39, 0.29) is 5.91 Å². The number of hydrogen-bond acceptors (Lipinski definition) is 7. The standard InChI is InChI=1S/C23H20ClN3O4S2/c1-23(2,30)19-7-13-16(9-25-10-18(13)32-19)27-21(28)20-15(26-22(27)29)8-17(33-20)12-6-11(31-3)4-5-14(12)24/h4-10,15,20,30H,1-3H3,(H,26,29). The van der Waals surface area contributed by atoms with E-state index in [2.05, 4.69) is 10.3 Å². The number of ether oxygens (including phenoxy) is 1. The Kier molecular flexibility index (Phi) is 5.40. The van der Waals surface area contributed by atoms with Crippen LogP contribution in [0.15, 0.2) is 42.7 Å². The quantitative estimate of drug-likeness (QED) is 0.535. The third kappa shape index (κ3) is 3.78. The first kappa shape index (κ1) is 22.2. The highest BCUT2D eigenvalue weighted by Gasteiger charge is 2.46. The Hall–Kier alpha value is -2.59. The molecule has 0 aliphatic carbocycles. The van der Waals surface area contributed by atoms with Crippen LogP contribution in [0.5, 0.6) is 5.75 Å². The third-order valence-electron chi connectivity index (χ3n) is 5.58. The molecule has 3 amide bonds. The zero-order valence-electron chi connectivity index (χ0n) is 18.0. The van der Waals surface area contributed by atoms with Gasteiger partial charge in [-0.05, 0) is 44.2 Å². The number of pyridine rings is 1. The van der Waals surface area contributed by atoms with Gasteiger partial charge in [0.2, 0.25) is 0 Å². The van der Waals surface area contributed by atoms with E-state index in [1.54, 1.807) is 39.3 Å². The van der Waals surface area contributed by atoms with E-state index in [0.717, 1.165) is 24.9 Å². The van der Waals surface area contributed by atoms with Crippen molar-refractivity contribution in [3.8, 4) is 5.75 Å². The molecule has 0 spiro atoms. The number of anilines is 1. The van der Waals surface area contributed by atoms with Crippen LogP contribution in [-0.4, -0.2) is 40.4 Å². The van der Waals surface area contributed by atoms with Gasteiger partial charge in [-0.3, -0.25) is 9.78 Å². The van der Waals surface area contributed by atoms with Crippen molar-refractivity contribution in [2.45, 2.75) is 30.7 Å². The van der Waals surface area contributed by atoms with Gasteiger partial charge in [0, 0.05) is 32.0 Å². The van der Waals surface area contributed by atoms with Crippen molar-refractivity contribution in [2.24, 2.45) is 0 Å². The second-order valence-electron chi connectivity index (χ2n) is 8.30. The molecular formula is C23H20ClN3O4S2. The van der Waals surface area contributed by atoms with Crippen LogP contribution in [0, 0.1) is 0 Å². The van der Waals surface area contributed by atoms with Crippen molar-refractivity contribution in [1.82, 2.24) is 10.3 Å². The van der Waals surface area contributed by atoms with E-state index >= 15 is 0 Å². The topological polar surface area (TPSA) is 91.8 Å². The summed E-state index contributed by atoms with van der Waals surface area (Å²) >= 11 is 9.15. The molecule has 2 atom stereocenters. The summed E-state index contributed by atoms with van der Waals surface area (Å²) in [5, 5.41) is 14.0. The van der Waals surface area contributed by atoms with E-state index in [9.17, 15) is 14.7 Å². The summed E-state index contributed by atoms with van der Waals surface area (Å²) in [4.78, 5) is 33.5. The molecule has 1 fully saturated rings. The van der Waals surface area contributed by atoms with Crippen molar-refractivity contribution in [1.29, 1.82) is 0 Å². The number of thiophene rings is 1. The van der Waals surface area contributed by atoms with Crippen molar-refractivity contribution in [2.75, 3.05) is 12.0 Å².